The number of carbonyl (C=O) groups excluding carboxylic acids is 1. The highest BCUT2D eigenvalue weighted by Gasteiger charge is 2.11. The maximum atomic E-state index is 11.1. The van der Waals surface area contributed by atoms with Crippen molar-refractivity contribution in [1.82, 2.24) is 9.97 Å². The number of aryl methyl sites for hydroxylation is 1. The Morgan fingerprint density at radius 2 is 2.35 bits per heavy atom. The Morgan fingerprint density at radius 1 is 1.65 bits per heavy atom. The van der Waals surface area contributed by atoms with E-state index in [1.807, 2.05) is 0 Å². The largest absolute Gasteiger partial charge is 0.478 e. The summed E-state index contributed by atoms with van der Waals surface area (Å²) < 4.78 is 4.65. The highest BCUT2D eigenvalue weighted by atomic mass is 16.5. The molecule has 0 spiro atoms. The van der Waals surface area contributed by atoms with E-state index in [1.54, 1.807) is 0 Å². The van der Waals surface area contributed by atoms with Crippen LogP contribution in [0.5, 0.6) is 0 Å². The van der Waals surface area contributed by atoms with Gasteiger partial charge in [0.15, 0.2) is 0 Å². The van der Waals surface area contributed by atoms with E-state index >= 15 is 0 Å². The minimum absolute atomic E-state index is 0.0124. The molecule has 0 aliphatic carbocycles. The monoisotopic (exact) mass is 237 g/mol. The third-order valence-electron chi connectivity index (χ3n) is 1.76. The summed E-state index contributed by atoms with van der Waals surface area (Å²) in [5.74, 6) is -1.13. The molecule has 7 nitrogen and oxygen atoms in total. The van der Waals surface area contributed by atoms with E-state index in [0.29, 0.717) is 0 Å². The predicted octanol–water partition coefficient (Wildman–Crippen LogP) is 1.22. The molecular formula is C10H11N3O4. The molecular weight excluding hydrogens is 226 g/mol. The molecule has 1 aromatic heterocycles. The third-order valence-corrected chi connectivity index (χ3v) is 1.76. The molecule has 0 fully saturated rings. The average molecular weight is 237 g/mol. The lowest BCUT2D eigenvalue weighted by Crippen LogP contribution is -2.16. The standard InChI is InChI=1S/C10H11N3O4/c1-3-4-17-10(16)13-9-11-5-7(8(14)15)6(2)12-9/h3,5H,1,4H2,2H3,(H,14,15)(H,11,12,13,16). The minimum Gasteiger partial charge on any atom is -0.478 e. The van der Waals surface area contributed by atoms with Crippen LogP contribution in [-0.4, -0.2) is 33.7 Å². The Kier molecular flexibility index (Phi) is 4.15. The summed E-state index contributed by atoms with van der Waals surface area (Å²) in [6, 6.07) is 0. The van der Waals surface area contributed by atoms with Gasteiger partial charge in [0, 0.05) is 6.20 Å². The van der Waals surface area contributed by atoms with Gasteiger partial charge in [0.2, 0.25) is 5.95 Å². The van der Waals surface area contributed by atoms with Gasteiger partial charge in [-0.2, -0.15) is 0 Å². The Labute approximate surface area is 97.2 Å². The number of rotatable bonds is 4. The van der Waals surface area contributed by atoms with Crippen molar-refractivity contribution in [3.8, 4) is 0 Å². The first-order valence-electron chi connectivity index (χ1n) is 4.66. The summed E-state index contributed by atoms with van der Waals surface area (Å²) >= 11 is 0. The number of carboxylic acids is 1. The number of hydrogen-bond donors (Lipinski definition) is 2. The van der Waals surface area contributed by atoms with E-state index in [-0.39, 0.29) is 23.8 Å². The van der Waals surface area contributed by atoms with E-state index in [4.69, 9.17) is 5.11 Å². The second kappa shape index (κ2) is 5.59. The lowest BCUT2D eigenvalue weighted by molar-refractivity contribution is 0.0695. The number of anilines is 1. The van der Waals surface area contributed by atoms with Gasteiger partial charge in [0.1, 0.15) is 6.61 Å². The van der Waals surface area contributed by atoms with E-state index in [1.165, 1.54) is 13.0 Å². The number of nitrogens with zero attached hydrogens (tertiary/aromatic N) is 2. The van der Waals surface area contributed by atoms with Gasteiger partial charge in [0.25, 0.3) is 0 Å². The maximum absolute atomic E-state index is 11.1. The number of carbonyl (C=O) groups is 2. The van der Waals surface area contributed by atoms with Gasteiger partial charge in [-0.3, -0.25) is 5.32 Å². The van der Waals surface area contributed by atoms with Crippen molar-refractivity contribution in [2.24, 2.45) is 0 Å². The molecule has 1 amide bonds. The molecule has 0 saturated heterocycles. The fraction of sp³-hybridized carbons (Fsp3) is 0.200. The molecule has 1 heterocycles. The van der Waals surface area contributed by atoms with Gasteiger partial charge < -0.3 is 9.84 Å². The first-order chi connectivity index (χ1) is 8.04. The molecule has 2 N–H and O–H groups in total. The van der Waals surface area contributed by atoms with Gasteiger partial charge >= 0.3 is 12.1 Å². The smallest absolute Gasteiger partial charge is 0.414 e. The summed E-state index contributed by atoms with van der Waals surface area (Å²) in [7, 11) is 0. The average Bonchev–Trinajstić information content (AvgIpc) is 2.26. The van der Waals surface area contributed by atoms with Crippen LogP contribution in [0.15, 0.2) is 18.9 Å². The van der Waals surface area contributed by atoms with E-state index < -0.39 is 12.1 Å². The number of aromatic carboxylic acids is 1. The molecule has 0 aromatic carbocycles. The molecule has 1 rings (SSSR count). The van der Waals surface area contributed by atoms with Crippen molar-refractivity contribution in [3.05, 3.63) is 30.1 Å². The van der Waals surface area contributed by atoms with Crippen LogP contribution < -0.4 is 5.32 Å². The van der Waals surface area contributed by atoms with Crippen molar-refractivity contribution in [2.75, 3.05) is 11.9 Å². The molecule has 17 heavy (non-hydrogen) atoms. The number of ether oxygens (including phenoxy) is 1. The zero-order chi connectivity index (χ0) is 12.8. The SMILES string of the molecule is C=CCOC(=O)Nc1ncc(C(=O)O)c(C)n1. The molecule has 90 valence electrons. The molecule has 1 aromatic rings. The minimum atomic E-state index is -1.12. The van der Waals surface area contributed by atoms with E-state index in [9.17, 15) is 9.59 Å². The van der Waals surface area contributed by atoms with Gasteiger partial charge in [0.05, 0.1) is 11.3 Å². The summed E-state index contributed by atoms with van der Waals surface area (Å²) in [5.41, 5.74) is 0.238. The Hall–Kier alpha value is -2.44. The summed E-state index contributed by atoms with van der Waals surface area (Å²) in [6.07, 6.45) is 1.81. The van der Waals surface area contributed by atoms with Crippen molar-refractivity contribution in [3.63, 3.8) is 0 Å². The molecule has 0 aliphatic heterocycles. The number of aromatic nitrogens is 2. The zero-order valence-electron chi connectivity index (χ0n) is 9.14. The quantitative estimate of drug-likeness (QED) is 0.763. The number of carboxylic acid groups (broad SMARTS) is 1. The van der Waals surface area contributed by atoms with Crippen LogP contribution in [0.25, 0.3) is 0 Å². The van der Waals surface area contributed by atoms with E-state index in [0.717, 1.165) is 6.20 Å². The summed E-state index contributed by atoms with van der Waals surface area (Å²) in [4.78, 5) is 29.3. The van der Waals surface area contributed by atoms with Gasteiger partial charge in [-0.1, -0.05) is 12.7 Å². The topological polar surface area (TPSA) is 101 Å². The fourth-order valence-electron chi connectivity index (χ4n) is 0.999. The van der Waals surface area contributed by atoms with Crippen molar-refractivity contribution < 1.29 is 19.4 Å². The molecule has 0 atom stereocenters. The maximum Gasteiger partial charge on any atom is 0.414 e. The molecule has 0 unspecified atom stereocenters. The Balaban J connectivity index is 2.74. The molecule has 0 bridgehead atoms. The van der Waals surface area contributed by atoms with Crippen LogP contribution in [0.1, 0.15) is 16.1 Å². The second-order valence-corrected chi connectivity index (χ2v) is 3.01. The lowest BCUT2D eigenvalue weighted by Gasteiger charge is -2.05. The molecule has 7 heteroatoms. The first-order valence-corrected chi connectivity index (χ1v) is 4.66. The van der Waals surface area contributed by atoms with Crippen molar-refractivity contribution >= 4 is 18.0 Å². The molecule has 0 aliphatic rings. The van der Waals surface area contributed by atoms with Crippen LogP contribution in [0.4, 0.5) is 10.7 Å². The number of nitrogens with one attached hydrogen (secondary N) is 1. The summed E-state index contributed by atoms with van der Waals surface area (Å²) in [5, 5.41) is 11.0. The first kappa shape index (κ1) is 12.6. The highest BCUT2D eigenvalue weighted by molar-refractivity contribution is 5.89. The predicted molar refractivity (Wildman–Crippen MR) is 58.9 cm³/mol. The van der Waals surface area contributed by atoms with Crippen molar-refractivity contribution in [1.29, 1.82) is 0 Å². The second-order valence-electron chi connectivity index (χ2n) is 3.01. The Morgan fingerprint density at radius 3 is 2.88 bits per heavy atom. The van der Waals surface area contributed by atoms with E-state index in [2.05, 4.69) is 26.6 Å². The molecule has 0 saturated carbocycles. The molecule has 0 radical (unpaired) electrons. The third kappa shape index (κ3) is 3.56. The highest BCUT2D eigenvalue weighted by Crippen LogP contribution is 2.07. The summed E-state index contributed by atoms with van der Waals surface area (Å²) in [6.45, 7) is 4.96. The van der Waals surface area contributed by atoms with Crippen molar-refractivity contribution in [2.45, 2.75) is 6.92 Å². The Bertz CT molecular complexity index is 459. The van der Waals surface area contributed by atoms with Gasteiger partial charge in [-0.05, 0) is 6.92 Å². The van der Waals surface area contributed by atoms with Crippen LogP contribution in [0, 0.1) is 6.92 Å². The normalized spacial score (nSPS) is 9.47. The number of amides is 1. The van der Waals surface area contributed by atoms with Gasteiger partial charge in [-0.15, -0.1) is 0 Å². The van der Waals surface area contributed by atoms with Crippen LogP contribution in [-0.2, 0) is 4.74 Å². The van der Waals surface area contributed by atoms with Gasteiger partial charge in [-0.25, -0.2) is 19.6 Å². The van der Waals surface area contributed by atoms with Crippen LogP contribution in [0.3, 0.4) is 0 Å². The fourth-order valence-corrected chi connectivity index (χ4v) is 0.999. The van der Waals surface area contributed by atoms with Crippen LogP contribution >= 0.6 is 0 Å². The zero-order valence-corrected chi connectivity index (χ0v) is 9.14. The van der Waals surface area contributed by atoms with Crippen LogP contribution in [0.2, 0.25) is 0 Å². The number of hydrogen-bond acceptors (Lipinski definition) is 5. The lowest BCUT2D eigenvalue weighted by atomic mass is 10.2.